The fourth-order valence-corrected chi connectivity index (χ4v) is 3.73. The van der Waals surface area contributed by atoms with Crippen LogP contribution in [0.4, 0.5) is 0 Å². The summed E-state index contributed by atoms with van der Waals surface area (Å²) in [5, 5.41) is 0. The Labute approximate surface area is 187 Å². The minimum Gasteiger partial charge on any atom is -0.486 e. The average molecular weight is 421 g/mol. The fraction of sp³-hybridized carbons (Fsp3) is 0.370. The Hall–Kier alpha value is -2.85. The normalized spacial score (nSPS) is 15.5. The van der Waals surface area contributed by atoms with Gasteiger partial charge in [-0.3, -0.25) is 4.79 Å². The molecule has 1 amide bonds. The predicted molar refractivity (Wildman–Crippen MR) is 130 cm³/mol. The quantitative estimate of drug-likeness (QED) is 0.559. The van der Waals surface area contributed by atoms with Gasteiger partial charge >= 0.3 is 0 Å². The van der Waals surface area contributed by atoms with E-state index in [1.54, 1.807) is 0 Å². The second kappa shape index (κ2) is 12.1. The highest BCUT2D eigenvalue weighted by Crippen LogP contribution is 2.37. The molecule has 2 N–H and O–H groups in total. The number of hydrogen-bond acceptors (Lipinski definition) is 3. The standard InChI is InChI=1S/C25H32N2O2.C2H4/c1-4-20(26)15-16-21-17-23(22-9-7-8-10-24(22)29-21)18-11-13-19(14-12-18)25(28)27(5-2)6-3;1-2/h7-14,17,20-21H,4-6,15-16,26H2,1-3H3;1-2H2. The van der Waals surface area contributed by atoms with Gasteiger partial charge in [0.2, 0.25) is 0 Å². The molecule has 4 nitrogen and oxygen atoms in total. The number of benzene rings is 2. The minimum absolute atomic E-state index is 0.00878. The number of para-hydroxylation sites is 1. The smallest absolute Gasteiger partial charge is 0.253 e. The van der Waals surface area contributed by atoms with Crippen molar-refractivity contribution in [3.8, 4) is 5.75 Å². The lowest BCUT2D eigenvalue weighted by molar-refractivity contribution is 0.0773. The molecule has 31 heavy (non-hydrogen) atoms. The molecule has 1 aliphatic rings. The maximum absolute atomic E-state index is 12.6. The first-order valence-corrected chi connectivity index (χ1v) is 11.2. The van der Waals surface area contributed by atoms with Crippen LogP contribution >= 0.6 is 0 Å². The molecular weight excluding hydrogens is 384 g/mol. The van der Waals surface area contributed by atoms with E-state index in [1.807, 2.05) is 61.2 Å². The molecular formula is C27H36N2O2. The van der Waals surface area contributed by atoms with E-state index in [4.69, 9.17) is 10.5 Å². The molecule has 1 aliphatic heterocycles. The maximum atomic E-state index is 12.6. The third-order valence-corrected chi connectivity index (χ3v) is 5.65. The lowest BCUT2D eigenvalue weighted by Crippen LogP contribution is -2.30. The number of nitrogens with zero attached hydrogens (tertiary/aromatic N) is 1. The summed E-state index contributed by atoms with van der Waals surface area (Å²) in [7, 11) is 0. The molecule has 2 aromatic carbocycles. The van der Waals surface area contributed by atoms with Crippen molar-refractivity contribution >= 4 is 11.5 Å². The van der Waals surface area contributed by atoms with Crippen molar-refractivity contribution in [1.29, 1.82) is 0 Å². The monoisotopic (exact) mass is 420 g/mol. The van der Waals surface area contributed by atoms with Gasteiger partial charge in [-0.2, -0.15) is 0 Å². The number of carbonyl (C=O) groups is 1. The van der Waals surface area contributed by atoms with Crippen molar-refractivity contribution < 1.29 is 9.53 Å². The first kappa shape index (κ1) is 24.4. The Morgan fingerprint density at radius 3 is 2.32 bits per heavy atom. The summed E-state index contributed by atoms with van der Waals surface area (Å²) in [4.78, 5) is 14.4. The Kier molecular flexibility index (Phi) is 9.54. The molecule has 0 spiro atoms. The molecule has 0 saturated carbocycles. The molecule has 1 heterocycles. The highest BCUT2D eigenvalue weighted by molar-refractivity contribution is 5.95. The third kappa shape index (κ3) is 6.08. The van der Waals surface area contributed by atoms with Gasteiger partial charge in [-0.05, 0) is 68.5 Å². The van der Waals surface area contributed by atoms with Crippen LogP contribution in [-0.4, -0.2) is 36.0 Å². The van der Waals surface area contributed by atoms with Crippen molar-refractivity contribution in [3.05, 3.63) is 84.5 Å². The molecule has 0 radical (unpaired) electrons. The van der Waals surface area contributed by atoms with Crippen LogP contribution in [0.25, 0.3) is 5.57 Å². The van der Waals surface area contributed by atoms with Gasteiger partial charge < -0.3 is 15.4 Å². The van der Waals surface area contributed by atoms with Crippen molar-refractivity contribution in [2.24, 2.45) is 5.73 Å². The van der Waals surface area contributed by atoms with Crippen molar-refractivity contribution in [2.75, 3.05) is 13.1 Å². The summed E-state index contributed by atoms with van der Waals surface area (Å²) < 4.78 is 6.21. The molecule has 0 fully saturated rings. The molecule has 0 aromatic heterocycles. The van der Waals surface area contributed by atoms with Gasteiger partial charge in [0.15, 0.2) is 0 Å². The molecule has 0 aliphatic carbocycles. The van der Waals surface area contributed by atoms with Crippen molar-refractivity contribution in [3.63, 3.8) is 0 Å². The molecule has 2 aromatic rings. The van der Waals surface area contributed by atoms with Crippen LogP contribution in [0, 0.1) is 0 Å². The molecule has 166 valence electrons. The minimum atomic E-state index is 0.00878. The van der Waals surface area contributed by atoms with Gasteiger partial charge in [0.05, 0.1) is 0 Å². The number of rotatable bonds is 8. The Morgan fingerprint density at radius 1 is 1.06 bits per heavy atom. The van der Waals surface area contributed by atoms with E-state index in [1.165, 1.54) is 0 Å². The highest BCUT2D eigenvalue weighted by Gasteiger charge is 2.22. The first-order chi connectivity index (χ1) is 15.1. The summed E-state index contributed by atoms with van der Waals surface area (Å²) in [5.74, 6) is 0.984. The molecule has 0 bridgehead atoms. The highest BCUT2D eigenvalue weighted by atomic mass is 16.5. The van der Waals surface area contributed by atoms with Gasteiger partial charge in [0.25, 0.3) is 5.91 Å². The maximum Gasteiger partial charge on any atom is 0.253 e. The van der Waals surface area contributed by atoms with Crippen molar-refractivity contribution in [1.82, 2.24) is 4.90 Å². The summed E-state index contributed by atoms with van der Waals surface area (Å²) >= 11 is 0. The Bertz CT molecular complexity index is 869. The van der Waals surface area contributed by atoms with Crippen molar-refractivity contribution in [2.45, 2.75) is 52.2 Å². The van der Waals surface area contributed by atoms with Crippen LogP contribution in [0.1, 0.15) is 61.5 Å². The summed E-state index contributed by atoms with van der Waals surface area (Å²) in [6.45, 7) is 13.6. The zero-order valence-corrected chi connectivity index (χ0v) is 19.1. The van der Waals surface area contributed by atoms with E-state index >= 15 is 0 Å². The summed E-state index contributed by atoms with van der Waals surface area (Å²) in [6.07, 6.45) is 5.01. The molecule has 4 heteroatoms. The lowest BCUT2D eigenvalue weighted by atomic mass is 9.91. The fourth-order valence-electron chi connectivity index (χ4n) is 3.73. The summed E-state index contributed by atoms with van der Waals surface area (Å²) in [5.41, 5.74) is 10.2. The van der Waals surface area contributed by atoms with Crippen LogP contribution in [0.5, 0.6) is 5.75 Å². The van der Waals surface area contributed by atoms with Gasteiger partial charge in [-0.25, -0.2) is 0 Å². The number of carbonyl (C=O) groups excluding carboxylic acids is 1. The zero-order chi connectivity index (χ0) is 22.8. The van der Waals surface area contributed by atoms with Gasteiger partial charge in [-0.1, -0.05) is 37.3 Å². The average Bonchev–Trinajstić information content (AvgIpc) is 2.84. The topological polar surface area (TPSA) is 55.6 Å². The van der Waals surface area contributed by atoms with Crippen LogP contribution < -0.4 is 10.5 Å². The van der Waals surface area contributed by atoms with Crippen LogP contribution in [0.3, 0.4) is 0 Å². The van der Waals surface area contributed by atoms with E-state index in [0.29, 0.717) is 13.1 Å². The van der Waals surface area contributed by atoms with Crippen LogP contribution in [-0.2, 0) is 0 Å². The van der Waals surface area contributed by atoms with Gasteiger partial charge in [0.1, 0.15) is 11.9 Å². The lowest BCUT2D eigenvalue weighted by Gasteiger charge is -2.26. The molecule has 2 atom stereocenters. The Balaban J connectivity index is 0.00000166. The third-order valence-electron chi connectivity index (χ3n) is 5.65. The second-order valence-corrected chi connectivity index (χ2v) is 7.53. The summed E-state index contributed by atoms with van der Waals surface area (Å²) in [6, 6.07) is 16.3. The Morgan fingerprint density at radius 2 is 1.71 bits per heavy atom. The number of nitrogens with two attached hydrogens (primary N) is 1. The number of ether oxygens (including phenoxy) is 1. The zero-order valence-electron chi connectivity index (χ0n) is 19.1. The number of amides is 1. The van der Waals surface area contributed by atoms with Crippen LogP contribution in [0.2, 0.25) is 0 Å². The first-order valence-electron chi connectivity index (χ1n) is 11.2. The van der Waals surface area contributed by atoms with E-state index in [-0.39, 0.29) is 18.1 Å². The van der Waals surface area contributed by atoms with E-state index in [0.717, 1.165) is 47.3 Å². The van der Waals surface area contributed by atoms with E-state index in [2.05, 4.69) is 32.2 Å². The second-order valence-electron chi connectivity index (χ2n) is 7.53. The largest absolute Gasteiger partial charge is 0.486 e. The SMILES string of the molecule is C=C.CCC(N)CCC1C=C(c2ccc(C(=O)N(CC)CC)cc2)c2ccccc2O1. The van der Waals surface area contributed by atoms with Gasteiger partial charge in [0, 0.05) is 30.3 Å². The molecule has 2 unspecified atom stereocenters. The van der Waals surface area contributed by atoms with Gasteiger partial charge in [-0.15, -0.1) is 13.2 Å². The predicted octanol–water partition coefficient (Wildman–Crippen LogP) is 5.68. The van der Waals surface area contributed by atoms with E-state index < -0.39 is 0 Å². The number of hydrogen-bond donors (Lipinski definition) is 1. The number of fused-ring (bicyclic) bond motifs is 1. The molecule has 3 rings (SSSR count). The molecule has 0 saturated heterocycles. The van der Waals surface area contributed by atoms with E-state index in [9.17, 15) is 4.79 Å². The van der Waals surface area contributed by atoms with Crippen LogP contribution in [0.15, 0.2) is 67.8 Å².